The number of ether oxygens (including phenoxy) is 4. The van der Waals surface area contributed by atoms with Crippen LogP contribution in [-0.2, 0) is 10.1 Å². The Morgan fingerprint density at radius 2 is 0.817 bits per heavy atom. The van der Waals surface area contributed by atoms with E-state index in [1.165, 1.54) is 0 Å². The van der Waals surface area contributed by atoms with Gasteiger partial charge in [-0.3, -0.25) is 0 Å². The molecule has 8 aromatic rings. The van der Waals surface area contributed by atoms with Crippen molar-refractivity contribution in [1.82, 2.24) is 0 Å². The van der Waals surface area contributed by atoms with E-state index in [0.717, 1.165) is 101 Å². The van der Waals surface area contributed by atoms with Gasteiger partial charge in [-0.1, -0.05) is 66.2 Å². The van der Waals surface area contributed by atoms with Crippen molar-refractivity contribution in [2.75, 3.05) is 49.7 Å². The zero-order valence-corrected chi connectivity index (χ0v) is 44.0. The van der Waals surface area contributed by atoms with E-state index < -0.39 is 15.4 Å². The number of rotatable bonds is 16. The first-order valence-corrected chi connectivity index (χ1v) is 24.8. The van der Waals surface area contributed by atoms with Crippen LogP contribution in [0.5, 0.6) is 23.0 Å². The van der Waals surface area contributed by atoms with Crippen LogP contribution in [-0.4, -0.2) is 53.2 Å². The molecule has 1 aliphatic rings. The molecule has 0 amide bonds. The minimum absolute atomic E-state index is 0. The van der Waals surface area contributed by atoms with Crippen LogP contribution in [0.3, 0.4) is 0 Å². The summed E-state index contributed by atoms with van der Waals surface area (Å²) in [5.74, 6) is 8.42. The molecule has 0 aliphatic carbocycles. The normalized spacial score (nSPS) is 11.9. The number of nitrogens with zero attached hydrogens (tertiary/aromatic N) is 3. The fraction of sp³-hybridized carbons (Fsp3) is 0.138. The largest absolute Gasteiger partial charge is 1.00 e. The summed E-state index contributed by atoms with van der Waals surface area (Å²) in [7, 11) is 1.88. The van der Waals surface area contributed by atoms with Gasteiger partial charge in [-0.25, -0.2) is 8.42 Å². The van der Waals surface area contributed by atoms with Gasteiger partial charge in [0.1, 0.15) is 38.4 Å². The minimum atomic E-state index is -4.73. The third-order valence-electron chi connectivity index (χ3n) is 12.2. The molecule has 0 N–H and O–H groups in total. The summed E-state index contributed by atoms with van der Waals surface area (Å²) in [6.45, 7) is 1.76. The summed E-state index contributed by atoms with van der Waals surface area (Å²) in [4.78, 5) is 8.52. The molecule has 1 aliphatic heterocycles. The van der Waals surface area contributed by atoms with Crippen LogP contribution >= 0.6 is 11.8 Å². The van der Waals surface area contributed by atoms with E-state index in [4.69, 9.17) is 18.9 Å². The van der Waals surface area contributed by atoms with Gasteiger partial charge in [0, 0.05) is 61.6 Å². The molecule has 13 heteroatoms. The Balaban J connectivity index is 0.00000676. The van der Waals surface area contributed by atoms with Gasteiger partial charge in [-0.15, -0.1) is 5.92 Å². The van der Waals surface area contributed by atoms with Gasteiger partial charge in [-0.2, -0.15) is 0 Å². The molecule has 0 saturated heterocycles. The number of fused-ring (bicyclic) bond motifs is 2. The maximum Gasteiger partial charge on any atom is 1.00 e. The van der Waals surface area contributed by atoms with Crippen LogP contribution in [0.15, 0.2) is 192 Å². The summed E-state index contributed by atoms with van der Waals surface area (Å²) in [5.41, 5.74) is 11.3. The predicted octanol–water partition coefficient (Wildman–Crippen LogP) is 10.9. The van der Waals surface area contributed by atoms with Crippen LogP contribution in [0.1, 0.15) is 13.3 Å². The van der Waals surface area contributed by atoms with Crippen molar-refractivity contribution in [3.8, 4) is 57.1 Å². The van der Waals surface area contributed by atoms with Gasteiger partial charge in [0.2, 0.25) is 0 Å². The van der Waals surface area contributed by atoms with Gasteiger partial charge in [-0.05, 0) is 158 Å². The maximum absolute atomic E-state index is 12.7. The Kier molecular flexibility index (Phi) is 16.0. The molecule has 0 bridgehead atoms. The zero-order valence-electron chi connectivity index (χ0n) is 40.3. The van der Waals surface area contributed by atoms with E-state index >= 15 is 0 Å². The van der Waals surface area contributed by atoms with Crippen molar-refractivity contribution in [2.45, 2.75) is 28.4 Å². The molecule has 1 atom stereocenters. The van der Waals surface area contributed by atoms with Crippen molar-refractivity contribution in [1.29, 1.82) is 0 Å². The Hall–Kier alpha value is -6.82. The van der Waals surface area contributed by atoms with Crippen molar-refractivity contribution in [3.05, 3.63) is 182 Å². The van der Waals surface area contributed by atoms with E-state index in [9.17, 15) is 13.0 Å². The van der Waals surface area contributed by atoms with Crippen LogP contribution in [0, 0.1) is 11.8 Å². The predicted molar refractivity (Wildman–Crippen MR) is 282 cm³/mol. The van der Waals surface area contributed by atoms with Gasteiger partial charge in [0.15, 0.2) is 0 Å². The van der Waals surface area contributed by atoms with Crippen LogP contribution < -0.4 is 63.2 Å². The first-order valence-electron chi connectivity index (χ1n) is 22.6. The molecule has 71 heavy (non-hydrogen) atoms. The third-order valence-corrected chi connectivity index (χ3v) is 14.4. The molecular formula is C58H50N3NaO7S2. The Morgan fingerprint density at radius 1 is 0.507 bits per heavy atom. The second-order valence-corrected chi connectivity index (χ2v) is 18.9. The van der Waals surface area contributed by atoms with E-state index in [1.807, 2.05) is 109 Å². The fourth-order valence-corrected chi connectivity index (χ4v) is 10.6. The molecule has 1 heterocycles. The first-order chi connectivity index (χ1) is 34.1. The molecule has 0 fully saturated rings. The van der Waals surface area contributed by atoms with Gasteiger partial charge in [0.05, 0.1) is 39.8 Å². The van der Waals surface area contributed by atoms with Crippen molar-refractivity contribution < 1.29 is 61.5 Å². The van der Waals surface area contributed by atoms with Crippen LogP contribution in [0.2, 0.25) is 0 Å². The zero-order chi connectivity index (χ0) is 48.8. The van der Waals surface area contributed by atoms with E-state index in [2.05, 4.69) is 99.3 Å². The molecular weight excluding hydrogens is 938 g/mol. The average Bonchev–Trinajstić information content (AvgIpc) is 3.40. The van der Waals surface area contributed by atoms with Gasteiger partial charge < -0.3 is 38.2 Å². The summed E-state index contributed by atoms with van der Waals surface area (Å²) in [6, 6.07) is 61.0. The summed E-state index contributed by atoms with van der Waals surface area (Å²) in [6.07, 6.45) is -0.00582. The molecule has 352 valence electrons. The summed E-state index contributed by atoms with van der Waals surface area (Å²) < 4.78 is 59.9. The van der Waals surface area contributed by atoms with E-state index in [1.54, 1.807) is 47.1 Å². The summed E-state index contributed by atoms with van der Waals surface area (Å²) in [5, 5.41) is -1.39. The molecule has 0 spiro atoms. The molecule has 0 radical (unpaired) electrons. The molecule has 0 saturated carbocycles. The van der Waals surface area contributed by atoms with E-state index in [-0.39, 0.29) is 42.5 Å². The second kappa shape index (κ2) is 22.5. The van der Waals surface area contributed by atoms with Crippen molar-refractivity contribution >= 4 is 67.4 Å². The maximum atomic E-state index is 12.7. The van der Waals surface area contributed by atoms with E-state index in [0.29, 0.717) is 0 Å². The molecule has 1 unspecified atom stereocenters. The number of hydrogen-bond donors (Lipinski definition) is 0. The number of anilines is 8. The summed E-state index contributed by atoms with van der Waals surface area (Å²) >= 11 is 1.66. The first kappa shape index (κ1) is 50.6. The number of para-hydroxylation sites is 2. The number of hydrogen-bond acceptors (Lipinski definition) is 11. The molecule has 8 aromatic carbocycles. The fourth-order valence-electron chi connectivity index (χ4n) is 8.78. The monoisotopic (exact) mass is 987 g/mol. The SMILES string of the molecule is CC#CC(CCN1c2c(cccc2-c2ccc(N(c3ccc(OC)cc3)c3ccc(OC)cc3)cc2)Sc2cccc(-c3ccc(N(c4ccc(OC)cc4)c4ccc(OC)cc4)cc3)c21)S(=O)(=O)[O-].[Na+]. The second-order valence-electron chi connectivity index (χ2n) is 16.3. The van der Waals surface area contributed by atoms with Crippen molar-refractivity contribution in [3.63, 3.8) is 0 Å². The average molecular weight is 988 g/mol. The number of benzene rings is 8. The third kappa shape index (κ3) is 10.9. The Morgan fingerprint density at radius 3 is 1.10 bits per heavy atom. The van der Waals surface area contributed by atoms with Gasteiger partial charge >= 0.3 is 29.6 Å². The Bertz CT molecular complexity index is 2990. The van der Waals surface area contributed by atoms with Crippen LogP contribution in [0.4, 0.5) is 45.5 Å². The standard InChI is InChI=1S/C58H51N3O7S2.Na/c1-6-9-52(70(62,63)64)38-39-59-57-53(40-14-18-42(19-15-40)60(44-22-30-48(65-2)31-23-44)45-24-32-49(66-3)33-25-45)10-7-12-55(57)69-56-13-8-11-54(58(56)59)41-16-20-43(21-17-41)61(46-26-34-50(67-4)35-27-46)47-28-36-51(68-5)37-29-47;/h7-8,10-37,52H,38-39H2,1-5H3,(H,62,63,64);/q;+1/p-1. The topological polar surface area (TPSA) is 104 Å². The van der Waals surface area contributed by atoms with Crippen LogP contribution in [0.25, 0.3) is 22.3 Å². The molecule has 10 nitrogen and oxygen atoms in total. The minimum Gasteiger partial charge on any atom is -0.747 e. The molecule has 0 aromatic heterocycles. The van der Waals surface area contributed by atoms with Gasteiger partial charge in [0.25, 0.3) is 0 Å². The molecule has 9 rings (SSSR count). The smallest absolute Gasteiger partial charge is 0.747 e. The number of methoxy groups -OCH3 is 4. The Labute approximate surface area is 442 Å². The van der Waals surface area contributed by atoms with Crippen molar-refractivity contribution in [2.24, 2.45) is 0 Å². The quantitative estimate of drug-likeness (QED) is 0.0525.